The molecule has 0 atom stereocenters. The van der Waals surface area contributed by atoms with E-state index >= 15 is 0 Å². The molecule has 106 valence electrons. The molecule has 1 saturated heterocycles. The summed E-state index contributed by atoms with van der Waals surface area (Å²) in [6.45, 7) is 3.38. The van der Waals surface area contributed by atoms with Crippen LogP contribution in [0.1, 0.15) is 18.4 Å². The van der Waals surface area contributed by atoms with Crippen LogP contribution in [-0.2, 0) is 5.88 Å². The van der Waals surface area contributed by atoms with Gasteiger partial charge in [0.15, 0.2) is 0 Å². The van der Waals surface area contributed by atoms with Gasteiger partial charge in [0.05, 0.1) is 10.7 Å². The SMILES string of the molecule is CN(C)CC1CCN(c2ccc(CCl)cc2Cl)CC1. The van der Waals surface area contributed by atoms with Crippen molar-refractivity contribution < 1.29 is 0 Å². The number of hydrogen-bond donors (Lipinski definition) is 0. The first-order valence-corrected chi connectivity index (χ1v) is 7.75. The van der Waals surface area contributed by atoms with Gasteiger partial charge in [-0.1, -0.05) is 17.7 Å². The smallest absolute Gasteiger partial charge is 0.0642 e. The average Bonchev–Trinajstić information content (AvgIpc) is 2.39. The van der Waals surface area contributed by atoms with Crippen molar-refractivity contribution in [2.24, 2.45) is 5.92 Å². The molecule has 1 aliphatic rings. The second kappa shape index (κ2) is 6.83. The fourth-order valence-electron chi connectivity index (χ4n) is 2.76. The van der Waals surface area contributed by atoms with Gasteiger partial charge in [-0.05, 0) is 50.6 Å². The van der Waals surface area contributed by atoms with Gasteiger partial charge in [-0.2, -0.15) is 0 Å². The zero-order valence-electron chi connectivity index (χ0n) is 11.7. The molecule has 19 heavy (non-hydrogen) atoms. The molecule has 0 N–H and O–H groups in total. The Bertz CT molecular complexity index is 413. The summed E-state index contributed by atoms with van der Waals surface area (Å²) in [6, 6.07) is 6.15. The van der Waals surface area contributed by atoms with E-state index in [0.29, 0.717) is 5.88 Å². The van der Waals surface area contributed by atoms with Crippen molar-refractivity contribution in [3.8, 4) is 0 Å². The number of nitrogens with zero attached hydrogens (tertiary/aromatic N) is 2. The number of anilines is 1. The summed E-state index contributed by atoms with van der Waals surface area (Å²) in [4.78, 5) is 4.68. The van der Waals surface area contributed by atoms with Gasteiger partial charge in [-0.3, -0.25) is 0 Å². The van der Waals surface area contributed by atoms with Crippen molar-refractivity contribution in [1.29, 1.82) is 0 Å². The van der Waals surface area contributed by atoms with Gasteiger partial charge in [-0.15, -0.1) is 11.6 Å². The molecule has 1 aliphatic heterocycles. The first-order valence-electron chi connectivity index (χ1n) is 6.84. The Morgan fingerprint density at radius 2 is 1.95 bits per heavy atom. The summed E-state index contributed by atoms with van der Waals surface area (Å²) < 4.78 is 0. The van der Waals surface area contributed by atoms with Crippen LogP contribution in [0.25, 0.3) is 0 Å². The monoisotopic (exact) mass is 300 g/mol. The molecule has 2 rings (SSSR count). The number of alkyl halides is 1. The minimum absolute atomic E-state index is 0.519. The van der Waals surface area contributed by atoms with Gasteiger partial charge in [0.25, 0.3) is 0 Å². The van der Waals surface area contributed by atoms with Gasteiger partial charge in [0.2, 0.25) is 0 Å². The van der Waals surface area contributed by atoms with E-state index in [-0.39, 0.29) is 0 Å². The maximum atomic E-state index is 6.35. The predicted octanol–water partition coefficient (Wildman–Crippen LogP) is 3.86. The topological polar surface area (TPSA) is 6.48 Å². The maximum Gasteiger partial charge on any atom is 0.0642 e. The Hall–Kier alpha value is -0.440. The highest BCUT2D eigenvalue weighted by Crippen LogP contribution is 2.31. The van der Waals surface area contributed by atoms with Crippen molar-refractivity contribution in [3.63, 3.8) is 0 Å². The molecule has 0 aromatic heterocycles. The molecule has 1 fully saturated rings. The minimum Gasteiger partial charge on any atom is -0.370 e. The fraction of sp³-hybridized carbons (Fsp3) is 0.600. The van der Waals surface area contributed by atoms with Crippen LogP contribution in [0.3, 0.4) is 0 Å². The molecular weight excluding hydrogens is 279 g/mol. The van der Waals surface area contributed by atoms with Crippen molar-refractivity contribution in [1.82, 2.24) is 4.90 Å². The van der Waals surface area contributed by atoms with E-state index in [2.05, 4.69) is 36.0 Å². The molecule has 0 amide bonds. The van der Waals surface area contributed by atoms with E-state index in [1.54, 1.807) is 0 Å². The Labute approximate surface area is 126 Å². The third-order valence-corrected chi connectivity index (χ3v) is 4.36. The zero-order valence-corrected chi connectivity index (χ0v) is 13.2. The summed E-state index contributed by atoms with van der Waals surface area (Å²) in [5.41, 5.74) is 2.23. The van der Waals surface area contributed by atoms with Crippen LogP contribution in [-0.4, -0.2) is 38.6 Å². The van der Waals surface area contributed by atoms with Gasteiger partial charge in [-0.25, -0.2) is 0 Å². The van der Waals surface area contributed by atoms with Crippen LogP contribution in [0.15, 0.2) is 18.2 Å². The Balaban J connectivity index is 1.97. The van der Waals surface area contributed by atoms with Gasteiger partial charge in [0, 0.05) is 25.5 Å². The van der Waals surface area contributed by atoms with E-state index in [4.69, 9.17) is 23.2 Å². The van der Waals surface area contributed by atoms with E-state index in [1.165, 1.54) is 19.4 Å². The van der Waals surface area contributed by atoms with Crippen molar-refractivity contribution in [2.75, 3.05) is 38.6 Å². The Morgan fingerprint density at radius 1 is 1.26 bits per heavy atom. The molecular formula is C15H22Cl2N2. The Kier molecular flexibility index (Phi) is 5.37. The van der Waals surface area contributed by atoms with Crippen molar-refractivity contribution >= 4 is 28.9 Å². The highest BCUT2D eigenvalue weighted by molar-refractivity contribution is 6.33. The first kappa shape index (κ1) is 15.0. The second-order valence-electron chi connectivity index (χ2n) is 5.61. The summed E-state index contributed by atoms with van der Waals surface area (Å²) >= 11 is 12.2. The van der Waals surface area contributed by atoms with Crippen LogP contribution in [0.5, 0.6) is 0 Å². The molecule has 1 heterocycles. The van der Waals surface area contributed by atoms with Gasteiger partial charge in [0.1, 0.15) is 0 Å². The molecule has 1 aromatic carbocycles. The lowest BCUT2D eigenvalue weighted by Crippen LogP contribution is -2.37. The molecule has 2 nitrogen and oxygen atoms in total. The molecule has 0 spiro atoms. The normalized spacial score (nSPS) is 17.2. The van der Waals surface area contributed by atoms with E-state index in [0.717, 1.165) is 35.3 Å². The van der Waals surface area contributed by atoms with Crippen LogP contribution < -0.4 is 4.90 Å². The number of piperidine rings is 1. The highest BCUT2D eigenvalue weighted by Gasteiger charge is 2.21. The maximum absolute atomic E-state index is 6.35. The third-order valence-electron chi connectivity index (χ3n) is 3.74. The largest absolute Gasteiger partial charge is 0.370 e. The van der Waals surface area contributed by atoms with E-state index in [9.17, 15) is 0 Å². The summed E-state index contributed by atoms with van der Waals surface area (Å²) in [7, 11) is 4.29. The van der Waals surface area contributed by atoms with E-state index < -0.39 is 0 Å². The number of hydrogen-bond acceptors (Lipinski definition) is 2. The van der Waals surface area contributed by atoms with Crippen LogP contribution in [0, 0.1) is 5.92 Å². The van der Waals surface area contributed by atoms with Crippen molar-refractivity contribution in [2.45, 2.75) is 18.7 Å². The summed E-state index contributed by atoms with van der Waals surface area (Å²) in [5, 5.41) is 0.823. The lowest BCUT2D eigenvalue weighted by Gasteiger charge is -2.35. The standard InChI is InChI=1S/C15H22Cl2N2/c1-18(2)11-12-5-7-19(8-6-12)15-4-3-13(10-16)9-14(15)17/h3-4,9,12H,5-8,10-11H2,1-2H3. The van der Waals surface area contributed by atoms with Gasteiger partial charge < -0.3 is 9.80 Å². The van der Waals surface area contributed by atoms with Crippen LogP contribution in [0.4, 0.5) is 5.69 Å². The molecule has 0 saturated carbocycles. The fourth-order valence-corrected chi connectivity index (χ4v) is 3.25. The van der Waals surface area contributed by atoms with E-state index in [1.807, 2.05) is 6.07 Å². The summed E-state index contributed by atoms with van der Waals surface area (Å²) in [5.74, 6) is 1.33. The lowest BCUT2D eigenvalue weighted by molar-refractivity contribution is 0.285. The number of benzene rings is 1. The molecule has 0 unspecified atom stereocenters. The number of rotatable bonds is 4. The van der Waals surface area contributed by atoms with Crippen LogP contribution >= 0.6 is 23.2 Å². The lowest BCUT2D eigenvalue weighted by atomic mass is 9.96. The van der Waals surface area contributed by atoms with Crippen molar-refractivity contribution in [3.05, 3.63) is 28.8 Å². The minimum atomic E-state index is 0.519. The molecule has 0 bridgehead atoms. The zero-order chi connectivity index (χ0) is 13.8. The Morgan fingerprint density at radius 3 is 2.47 bits per heavy atom. The number of halogens is 2. The highest BCUT2D eigenvalue weighted by atomic mass is 35.5. The first-order chi connectivity index (χ1) is 9.10. The third kappa shape index (κ3) is 4.01. The summed E-state index contributed by atoms with van der Waals surface area (Å²) in [6.07, 6.45) is 2.48. The molecule has 0 aliphatic carbocycles. The van der Waals surface area contributed by atoms with Gasteiger partial charge >= 0.3 is 0 Å². The average molecular weight is 301 g/mol. The molecule has 4 heteroatoms. The molecule has 1 aromatic rings. The molecule has 0 radical (unpaired) electrons. The predicted molar refractivity (Wildman–Crippen MR) is 84.5 cm³/mol. The second-order valence-corrected chi connectivity index (χ2v) is 6.29. The quantitative estimate of drug-likeness (QED) is 0.779. The van der Waals surface area contributed by atoms with Crippen LogP contribution in [0.2, 0.25) is 5.02 Å².